The van der Waals surface area contributed by atoms with Crippen LogP contribution in [0.25, 0.3) is 0 Å². The summed E-state index contributed by atoms with van der Waals surface area (Å²) in [6.45, 7) is 6.59. The van der Waals surface area contributed by atoms with E-state index in [9.17, 15) is 0 Å². The molecule has 1 heterocycles. The summed E-state index contributed by atoms with van der Waals surface area (Å²) in [6, 6.07) is 8.70. The Labute approximate surface area is 108 Å². The Morgan fingerprint density at radius 2 is 1.72 bits per heavy atom. The van der Waals surface area contributed by atoms with Gasteiger partial charge in [-0.2, -0.15) is 0 Å². The first-order valence-electron chi connectivity index (χ1n) is 6.53. The van der Waals surface area contributed by atoms with E-state index in [-0.39, 0.29) is 5.54 Å². The molecule has 0 atom stereocenters. The average Bonchev–Trinajstić information content (AvgIpc) is 2.94. The summed E-state index contributed by atoms with van der Waals surface area (Å²) in [5.41, 5.74) is 2.98. The Balaban J connectivity index is 1.94. The summed E-state index contributed by atoms with van der Waals surface area (Å²) < 4.78 is 2.21. The summed E-state index contributed by atoms with van der Waals surface area (Å²) in [5, 5.41) is 8.47. The fourth-order valence-electron chi connectivity index (χ4n) is 2.78. The smallest absolute Gasteiger partial charge is 0.137 e. The third-order valence-corrected chi connectivity index (χ3v) is 3.71. The maximum atomic E-state index is 4.36. The zero-order chi connectivity index (χ0) is 12.8. The van der Waals surface area contributed by atoms with Crippen molar-refractivity contribution in [1.29, 1.82) is 0 Å². The fourth-order valence-corrected chi connectivity index (χ4v) is 2.78. The van der Waals surface area contributed by atoms with Crippen molar-refractivity contribution in [3.05, 3.63) is 47.5 Å². The molecule has 94 valence electrons. The van der Waals surface area contributed by atoms with Gasteiger partial charge in [-0.25, -0.2) is 0 Å². The first-order valence-corrected chi connectivity index (χ1v) is 6.53. The van der Waals surface area contributed by atoms with Gasteiger partial charge in [0.25, 0.3) is 0 Å². The van der Waals surface area contributed by atoms with Crippen molar-refractivity contribution in [3.63, 3.8) is 0 Å². The molecule has 1 aromatic carbocycles. The number of rotatable bonds is 1. The predicted octanol–water partition coefficient (Wildman–Crippen LogP) is 2.92. The number of hydrogen-bond donors (Lipinski definition) is 0. The lowest BCUT2D eigenvalue weighted by molar-refractivity contribution is 0.372. The van der Waals surface area contributed by atoms with Crippen molar-refractivity contribution in [1.82, 2.24) is 14.8 Å². The molecule has 0 N–H and O–H groups in total. The van der Waals surface area contributed by atoms with Crippen LogP contribution in [-0.2, 0) is 18.4 Å². The number of fused-ring (bicyclic) bond motifs is 1. The molecule has 1 aliphatic carbocycles. The van der Waals surface area contributed by atoms with E-state index >= 15 is 0 Å². The molecule has 0 spiro atoms. The van der Waals surface area contributed by atoms with Crippen molar-refractivity contribution in [3.8, 4) is 0 Å². The number of nitrogens with zero attached hydrogens (tertiary/aromatic N) is 3. The first kappa shape index (κ1) is 11.5. The van der Waals surface area contributed by atoms with E-state index in [4.69, 9.17) is 0 Å². The minimum absolute atomic E-state index is 0.0492. The molecule has 3 nitrogen and oxygen atoms in total. The van der Waals surface area contributed by atoms with Crippen molar-refractivity contribution in [2.45, 2.75) is 45.1 Å². The SMILES string of the molecule is CC(C)(C)n1cnnc1C1Cc2ccccc2C1. The van der Waals surface area contributed by atoms with Gasteiger partial charge in [-0.15, -0.1) is 10.2 Å². The highest BCUT2D eigenvalue weighted by Crippen LogP contribution is 2.34. The molecule has 1 aliphatic rings. The molecule has 3 rings (SSSR count). The second-order valence-electron chi connectivity index (χ2n) is 6.10. The lowest BCUT2D eigenvalue weighted by Crippen LogP contribution is -2.25. The van der Waals surface area contributed by atoms with E-state index in [1.807, 2.05) is 6.33 Å². The number of aromatic nitrogens is 3. The number of hydrogen-bond acceptors (Lipinski definition) is 2. The van der Waals surface area contributed by atoms with Crippen LogP contribution in [0.1, 0.15) is 43.6 Å². The van der Waals surface area contributed by atoms with E-state index in [0.29, 0.717) is 5.92 Å². The summed E-state index contributed by atoms with van der Waals surface area (Å²) in [6.07, 6.45) is 4.04. The third kappa shape index (κ3) is 1.84. The van der Waals surface area contributed by atoms with Gasteiger partial charge in [0.1, 0.15) is 12.2 Å². The fraction of sp³-hybridized carbons (Fsp3) is 0.467. The lowest BCUT2D eigenvalue weighted by atomic mass is 10.0. The van der Waals surface area contributed by atoms with Crippen LogP contribution in [0.2, 0.25) is 0 Å². The zero-order valence-electron chi connectivity index (χ0n) is 11.2. The van der Waals surface area contributed by atoms with Crippen LogP contribution in [0.15, 0.2) is 30.6 Å². The van der Waals surface area contributed by atoms with Crippen molar-refractivity contribution in [2.24, 2.45) is 0 Å². The minimum Gasteiger partial charge on any atom is -0.312 e. The van der Waals surface area contributed by atoms with Gasteiger partial charge in [0.15, 0.2) is 0 Å². The maximum absolute atomic E-state index is 4.36. The van der Waals surface area contributed by atoms with Crippen molar-refractivity contribution < 1.29 is 0 Å². The Morgan fingerprint density at radius 1 is 1.11 bits per heavy atom. The second kappa shape index (κ2) is 3.94. The summed E-state index contributed by atoms with van der Waals surface area (Å²) in [5.74, 6) is 1.60. The summed E-state index contributed by atoms with van der Waals surface area (Å²) >= 11 is 0. The van der Waals surface area contributed by atoms with Gasteiger partial charge < -0.3 is 4.57 Å². The molecule has 1 aromatic heterocycles. The molecule has 0 fully saturated rings. The molecule has 3 heteroatoms. The topological polar surface area (TPSA) is 30.7 Å². The van der Waals surface area contributed by atoms with Crippen LogP contribution in [0, 0.1) is 0 Å². The van der Waals surface area contributed by atoms with Gasteiger partial charge >= 0.3 is 0 Å². The predicted molar refractivity (Wildman–Crippen MR) is 71.6 cm³/mol. The molecule has 0 bridgehead atoms. The highest BCUT2D eigenvalue weighted by molar-refractivity contribution is 5.35. The van der Waals surface area contributed by atoms with Crippen LogP contribution in [0.4, 0.5) is 0 Å². The molecule has 0 saturated heterocycles. The monoisotopic (exact) mass is 241 g/mol. The lowest BCUT2D eigenvalue weighted by Gasteiger charge is -2.24. The zero-order valence-corrected chi connectivity index (χ0v) is 11.2. The largest absolute Gasteiger partial charge is 0.312 e. The van der Waals surface area contributed by atoms with E-state index < -0.39 is 0 Å². The van der Waals surface area contributed by atoms with Crippen LogP contribution >= 0.6 is 0 Å². The standard InChI is InChI=1S/C15H19N3/c1-15(2,3)18-10-16-17-14(18)13-8-11-6-4-5-7-12(11)9-13/h4-7,10,13H,8-9H2,1-3H3. The van der Waals surface area contributed by atoms with E-state index in [1.165, 1.54) is 11.1 Å². The Morgan fingerprint density at radius 3 is 2.28 bits per heavy atom. The highest BCUT2D eigenvalue weighted by atomic mass is 15.3. The van der Waals surface area contributed by atoms with E-state index in [1.54, 1.807) is 0 Å². The minimum atomic E-state index is 0.0492. The molecule has 0 radical (unpaired) electrons. The summed E-state index contributed by atoms with van der Waals surface area (Å²) in [4.78, 5) is 0. The van der Waals surface area contributed by atoms with E-state index in [0.717, 1.165) is 18.7 Å². The highest BCUT2D eigenvalue weighted by Gasteiger charge is 2.29. The van der Waals surface area contributed by atoms with Gasteiger partial charge in [0.2, 0.25) is 0 Å². The Hall–Kier alpha value is -1.64. The molecule has 0 aliphatic heterocycles. The normalized spacial score (nSPS) is 15.9. The quantitative estimate of drug-likeness (QED) is 0.768. The Bertz CT molecular complexity index is 538. The van der Waals surface area contributed by atoms with Crippen molar-refractivity contribution >= 4 is 0 Å². The number of benzene rings is 1. The molecule has 2 aromatic rings. The van der Waals surface area contributed by atoms with Crippen LogP contribution in [-0.4, -0.2) is 14.8 Å². The van der Waals surface area contributed by atoms with Gasteiger partial charge in [0.05, 0.1) is 0 Å². The van der Waals surface area contributed by atoms with Gasteiger partial charge in [-0.3, -0.25) is 0 Å². The first-order chi connectivity index (χ1) is 8.55. The molecule has 18 heavy (non-hydrogen) atoms. The summed E-state index contributed by atoms with van der Waals surface area (Å²) in [7, 11) is 0. The van der Waals surface area contributed by atoms with Crippen LogP contribution in [0.3, 0.4) is 0 Å². The third-order valence-electron chi connectivity index (χ3n) is 3.71. The van der Waals surface area contributed by atoms with Crippen molar-refractivity contribution in [2.75, 3.05) is 0 Å². The van der Waals surface area contributed by atoms with E-state index in [2.05, 4.69) is 59.8 Å². The molecule has 0 unspecified atom stereocenters. The average molecular weight is 241 g/mol. The van der Waals surface area contributed by atoms with Gasteiger partial charge in [-0.05, 0) is 44.7 Å². The molecule has 0 amide bonds. The molecular weight excluding hydrogens is 222 g/mol. The molecular formula is C15H19N3. The van der Waals surface area contributed by atoms with Gasteiger partial charge in [0, 0.05) is 11.5 Å². The maximum Gasteiger partial charge on any atom is 0.137 e. The van der Waals surface area contributed by atoms with Gasteiger partial charge in [-0.1, -0.05) is 24.3 Å². The van der Waals surface area contributed by atoms with Crippen LogP contribution < -0.4 is 0 Å². The van der Waals surface area contributed by atoms with Crippen LogP contribution in [0.5, 0.6) is 0 Å². The second-order valence-corrected chi connectivity index (χ2v) is 6.10. The Kier molecular flexibility index (Phi) is 2.51. The molecule has 0 saturated carbocycles.